The van der Waals surface area contributed by atoms with Gasteiger partial charge in [0.25, 0.3) is 0 Å². The molecule has 0 amide bonds. The van der Waals surface area contributed by atoms with Gasteiger partial charge in [-0.25, -0.2) is 0 Å². The highest BCUT2D eigenvalue weighted by Crippen LogP contribution is 2.51. The monoisotopic (exact) mass is 459 g/mol. The smallest absolute Gasteiger partial charge is 0.125 e. The van der Waals surface area contributed by atoms with Crippen molar-refractivity contribution in [3.8, 4) is 11.5 Å². The van der Waals surface area contributed by atoms with E-state index in [0.29, 0.717) is 25.0 Å². The van der Waals surface area contributed by atoms with Crippen LogP contribution in [0.2, 0.25) is 0 Å². The van der Waals surface area contributed by atoms with E-state index in [1.165, 1.54) is 27.9 Å². The summed E-state index contributed by atoms with van der Waals surface area (Å²) in [4.78, 5) is 0. The van der Waals surface area contributed by atoms with Crippen molar-refractivity contribution in [2.45, 2.75) is 31.6 Å². The summed E-state index contributed by atoms with van der Waals surface area (Å²) in [6, 6.07) is 35.8. The van der Waals surface area contributed by atoms with Crippen LogP contribution >= 0.6 is 0 Å². The predicted molar refractivity (Wildman–Crippen MR) is 141 cm³/mol. The van der Waals surface area contributed by atoms with Crippen LogP contribution < -0.4 is 14.8 Å². The first kappa shape index (κ1) is 21.5. The number of ether oxygens (including phenoxy) is 2. The lowest BCUT2D eigenvalue weighted by molar-refractivity contribution is 0.295. The Hall–Kier alpha value is -3.98. The molecule has 0 aromatic heterocycles. The molecule has 4 aromatic carbocycles. The van der Waals surface area contributed by atoms with Crippen LogP contribution in [-0.4, -0.2) is 0 Å². The van der Waals surface area contributed by atoms with E-state index in [4.69, 9.17) is 9.47 Å². The summed E-state index contributed by atoms with van der Waals surface area (Å²) in [6.45, 7) is 1.14. The van der Waals surface area contributed by atoms with Gasteiger partial charge in [0.15, 0.2) is 0 Å². The van der Waals surface area contributed by atoms with Gasteiger partial charge >= 0.3 is 0 Å². The summed E-state index contributed by atoms with van der Waals surface area (Å²) in [5, 5.41) is 3.85. The Morgan fingerprint density at radius 3 is 2.14 bits per heavy atom. The Morgan fingerprint density at radius 1 is 0.686 bits per heavy atom. The van der Waals surface area contributed by atoms with Gasteiger partial charge in [-0.05, 0) is 53.3 Å². The molecule has 1 aliphatic heterocycles. The molecule has 6 rings (SSSR count). The summed E-state index contributed by atoms with van der Waals surface area (Å²) in [5.41, 5.74) is 6.06. The van der Waals surface area contributed by atoms with E-state index in [0.717, 1.165) is 17.9 Å². The summed E-state index contributed by atoms with van der Waals surface area (Å²) >= 11 is 0. The van der Waals surface area contributed by atoms with E-state index in [9.17, 15) is 0 Å². The van der Waals surface area contributed by atoms with Crippen LogP contribution in [0.5, 0.6) is 11.5 Å². The molecule has 3 atom stereocenters. The van der Waals surface area contributed by atoms with Gasteiger partial charge in [0, 0.05) is 17.2 Å². The molecule has 0 spiro atoms. The Balaban J connectivity index is 1.24. The van der Waals surface area contributed by atoms with Crippen LogP contribution in [0.1, 0.15) is 40.6 Å². The Kier molecular flexibility index (Phi) is 5.98. The first-order chi connectivity index (χ1) is 17.3. The highest BCUT2D eigenvalue weighted by atomic mass is 16.5. The van der Waals surface area contributed by atoms with E-state index in [2.05, 4.69) is 96.3 Å². The molecule has 4 aromatic rings. The summed E-state index contributed by atoms with van der Waals surface area (Å²) in [5.74, 6) is 2.66. The van der Waals surface area contributed by atoms with Crippen molar-refractivity contribution in [3.63, 3.8) is 0 Å². The van der Waals surface area contributed by atoms with Gasteiger partial charge in [-0.15, -0.1) is 0 Å². The van der Waals surface area contributed by atoms with Gasteiger partial charge < -0.3 is 14.8 Å². The average Bonchev–Trinajstić information content (AvgIpc) is 3.42. The van der Waals surface area contributed by atoms with Crippen molar-refractivity contribution in [1.82, 2.24) is 0 Å². The lowest BCUT2D eigenvalue weighted by atomic mass is 9.77. The van der Waals surface area contributed by atoms with Crippen LogP contribution in [0.4, 0.5) is 5.69 Å². The highest BCUT2D eigenvalue weighted by Gasteiger charge is 2.39. The average molecular weight is 460 g/mol. The largest absolute Gasteiger partial charge is 0.489 e. The van der Waals surface area contributed by atoms with Crippen LogP contribution in [0, 0.1) is 5.92 Å². The molecule has 3 nitrogen and oxygen atoms in total. The first-order valence-corrected chi connectivity index (χ1v) is 12.3. The standard InChI is InChI=1S/C32H29NO2/c1-3-10-23(11-4-1)21-34-25-18-19-30-29(20-25)26-15-9-16-27(26)32(33-30)28-14-7-8-17-31(28)35-22-24-12-5-2-6-13-24/h1-15,17-20,26-27,32-33H,16,21-22H2. The lowest BCUT2D eigenvalue weighted by Gasteiger charge is -2.38. The first-order valence-electron chi connectivity index (χ1n) is 12.3. The number of fused-ring (bicyclic) bond motifs is 3. The quantitative estimate of drug-likeness (QED) is 0.288. The van der Waals surface area contributed by atoms with E-state index in [-0.39, 0.29) is 6.04 Å². The molecular weight excluding hydrogens is 430 g/mol. The maximum absolute atomic E-state index is 6.33. The molecule has 0 fully saturated rings. The second kappa shape index (κ2) is 9.71. The fraction of sp³-hybridized carbons (Fsp3) is 0.188. The van der Waals surface area contributed by atoms with Gasteiger partial charge in [0.05, 0.1) is 6.04 Å². The third-order valence-electron chi connectivity index (χ3n) is 7.07. The van der Waals surface area contributed by atoms with Crippen molar-refractivity contribution in [3.05, 3.63) is 138 Å². The van der Waals surface area contributed by atoms with Gasteiger partial charge in [-0.2, -0.15) is 0 Å². The summed E-state index contributed by atoms with van der Waals surface area (Å²) in [6.07, 6.45) is 5.74. The lowest BCUT2D eigenvalue weighted by Crippen LogP contribution is -2.29. The second-order valence-electron chi connectivity index (χ2n) is 9.31. The van der Waals surface area contributed by atoms with Crippen LogP contribution in [0.25, 0.3) is 0 Å². The number of allylic oxidation sites excluding steroid dienone is 2. The van der Waals surface area contributed by atoms with Crippen LogP contribution in [-0.2, 0) is 13.2 Å². The van der Waals surface area contributed by atoms with E-state index in [1.54, 1.807) is 0 Å². The molecule has 0 bridgehead atoms. The molecular formula is C32H29NO2. The predicted octanol–water partition coefficient (Wildman–Crippen LogP) is 7.67. The molecule has 1 aliphatic carbocycles. The summed E-state index contributed by atoms with van der Waals surface area (Å²) < 4.78 is 12.5. The van der Waals surface area contributed by atoms with Crippen LogP contribution in [0.15, 0.2) is 115 Å². The number of benzene rings is 4. The van der Waals surface area contributed by atoms with E-state index < -0.39 is 0 Å². The van der Waals surface area contributed by atoms with Gasteiger partial charge in [-0.1, -0.05) is 91.0 Å². The fourth-order valence-corrected chi connectivity index (χ4v) is 5.32. The third kappa shape index (κ3) is 4.54. The maximum atomic E-state index is 6.33. The number of nitrogens with one attached hydrogen (secondary N) is 1. The second-order valence-corrected chi connectivity index (χ2v) is 9.31. The van der Waals surface area contributed by atoms with Gasteiger partial charge in [0.2, 0.25) is 0 Å². The van der Waals surface area contributed by atoms with Crippen molar-refractivity contribution in [2.75, 3.05) is 5.32 Å². The zero-order valence-electron chi connectivity index (χ0n) is 19.6. The number of hydrogen-bond donors (Lipinski definition) is 1. The zero-order valence-corrected chi connectivity index (χ0v) is 19.6. The van der Waals surface area contributed by atoms with E-state index in [1.807, 2.05) is 24.3 Å². The molecule has 0 saturated carbocycles. The van der Waals surface area contributed by atoms with Crippen LogP contribution in [0.3, 0.4) is 0 Å². The molecule has 2 aliphatic rings. The van der Waals surface area contributed by atoms with Crippen molar-refractivity contribution in [1.29, 1.82) is 0 Å². The summed E-state index contributed by atoms with van der Waals surface area (Å²) in [7, 11) is 0. The third-order valence-corrected chi connectivity index (χ3v) is 7.07. The van der Waals surface area contributed by atoms with Crippen molar-refractivity contribution in [2.24, 2.45) is 5.92 Å². The Morgan fingerprint density at radius 2 is 1.37 bits per heavy atom. The highest BCUT2D eigenvalue weighted by molar-refractivity contribution is 5.62. The molecule has 174 valence electrons. The number of para-hydroxylation sites is 1. The van der Waals surface area contributed by atoms with E-state index >= 15 is 0 Å². The minimum Gasteiger partial charge on any atom is -0.489 e. The molecule has 1 heterocycles. The minimum absolute atomic E-state index is 0.186. The minimum atomic E-state index is 0.186. The van der Waals surface area contributed by atoms with Crippen molar-refractivity contribution >= 4 is 5.69 Å². The van der Waals surface area contributed by atoms with Gasteiger partial charge in [-0.3, -0.25) is 0 Å². The SMILES string of the molecule is C1=CC2c3cc(OCc4ccccc4)ccc3NC(c3ccccc3OCc3ccccc3)C2C1. The normalized spacial score (nSPS) is 19.9. The molecule has 0 radical (unpaired) electrons. The Labute approximate surface area is 207 Å². The molecule has 0 saturated heterocycles. The number of anilines is 1. The van der Waals surface area contributed by atoms with Gasteiger partial charge in [0.1, 0.15) is 24.7 Å². The molecule has 3 heteroatoms. The zero-order chi connectivity index (χ0) is 23.5. The number of rotatable bonds is 7. The topological polar surface area (TPSA) is 30.5 Å². The maximum Gasteiger partial charge on any atom is 0.125 e. The molecule has 35 heavy (non-hydrogen) atoms. The number of hydrogen-bond acceptors (Lipinski definition) is 3. The Bertz CT molecular complexity index is 1320. The molecule has 3 unspecified atom stereocenters. The molecule has 1 N–H and O–H groups in total. The van der Waals surface area contributed by atoms with Crippen molar-refractivity contribution < 1.29 is 9.47 Å². The fourth-order valence-electron chi connectivity index (χ4n) is 5.32.